The quantitative estimate of drug-likeness (QED) is 0.676. The molecule has 0 amide bonds. The van der Waals surface area contributed by atoms with E-state index in [0.717, 1.165) is 31.9 Å². The second-order valence-corrected chi connectivity index (χ2v) is 6.09. The second kappa shape index (κ2) is 5.73. The molecule has 2 aromatic heterocycles. The summed E-state index contributed by atoms with van der Waals surface area (Å²) in [6.07, 6.45) is 2.00. The van der Waals surface area contributed by atoms with Gasteiger partial charge in [0, 0.05) is 5.56 Å². The number of hydrogen-bond donors (Lipinski definition) is 0. The first-order valence-corrected chi connectivity index (χ1v) is 8.23. The standard InChI is InChI=1S/C15H13N3S2/c1-10-14(12-8-9-13(19-2)18-17-12)20-15(16-10)11-6-4-3-5-7-11/h3-9H,1-2H3. The van der Waals surface area contributed by atoms with E-state index in [4.69, 9.17) is 0 Å². The summed E-state index contributed by atoms with van der Waals surface area (Å²) in [5, 5.41) is 10.4. The minimum atomic E-state index is 0.889. The summed E-state index contributed by atoms with van der Waals surface area (Å²) < 4.78 is 0. The highest BCUT2D eigenvalue weighted by atomic mass is 32.2. The van der Waals surface area contributed by atoms with Crippen molar-refractivity contribution in [2.75, 3.05) is 6.26 Å². The Balaban J connectivity index is 2.00. The zero-order valence-corrected chi connectivity index (χ0v) is 12.8. The number of hydrogen-bond acceptors (Lipinski definition) is 5. The Hall–Kier alpha value is -1.72. The summed E-state index contributed by atoms with van der Waals surface area (Å²) in [7, 11) is 0. The van der Waals surface area contributed by atoms with Gasteiger partial charge in [0.05, 0.1) is 10.6 Å². The van der Waals surface area contributed by atoms with E-state index >= 15 is 0 Å². The van der Waals surface area contributed by atoms with Gasteiger partial charge in [-0.25, -0.2) is 4.98 Å². The molecule has 0 aliphatic rings. The summed E-state index contributed by atoms with van der Waals surface area (Å²) in [6, 6.07) is 14.2. The Morgan fingerprint density at radius 2 is 1.80 bits per heavy atom. The first-order valence-electron chi connectivity index (χ1n) is 6.19. The normalized spacial score (nSPS) is 10.7. The highest BCUT2D eigenvalue weighted by Crippen LogP contribution is 2.34. The van der Waals surface area contributed by atoms with Crippen LogP contribution in [0.2, 0.25) is 0 Å². The molecular weight excluding hydrogens is 286 g/mol. The van der Waals surface area contributed by atoms with E-state index < -0.39 is 0 Å². The van der Waals surface area contributed by atoms with Crippen LogP contribution < -0.4 is 0 Å². The van der Waals surface area contributed by atoms with E-state index in [-0.39, 0.29) is 0 Å². The average Bonchev–Trinajstić information content (AvgIpc) is 2.90. The van der Waals surface area contributed by atoms with Crippen molar-refractivity contribution in [1.82, 2.24) is 15.2 Å². The lowest BCUT2D eigenvalue weighted by Crippen LogP contribution is -1.88. The van der Waals surface area contributed by atoms with E-state index in [1.807, 2.05) is 43.5 Å². The van der Waals surface area contributed by atoms with Gasteiger partial charge in [0.25, 0.3) is 0 Å². The molecule has 0 aliphatic heterocycles. The van der Waals surface area contributed by atoms with E-state index in [9.17, 15) is 0 Å². The molecule has 2 heterocycles. The summed E-state index contributed by atoms with van der Waals surface area (Å²) in [5.41, 5.74) is 3.03. The molecule has 3 nitrogen and oxygen atoms in total. The highest BCUT2D eigenvalue weighted by molar-refractivity contribution is 7.98. The van der Waals surface area contributed by atoms with Crippen molar-refractivity contribution in [1.29, 1.82) is 0 Å². The van der Waals surface area contributed by atoms with Gasteiger partial charge >= 0.3 is 0 Å². The number of thioether (sulfide) groups is 1. The van der Waals surface area contributed by atoms with Crippen LogP contribution in [0.3, 0.4) is 0 Å². The van der Waals surface area contributed by atoms with Crippen molar-refractivity contribution in [3.8, 4) is 21.1 Å². The predicted octanol–water partition coefficient (Wildman–Crippen LogP) is 4.30. The Labute approximate surface area is 126 Å². The summed E-state index contributed by atoms with van der Waals surface area (Å²) in [5.74, 6) is 0. The third-order valence-corrected chi connectivity index (χ3v) is 4.76. The lowest BCUT2D eigenvalue weighted by molar-refractivity contribution is 0.938. The van der Waals surface area contributed by atoms with Crippen molar-refractivity contribution >= 4 is 23.1 Å². The maximum Gasteiger partial charge on any atom is 0.124 e. The molecule has 0 N–H and O–H groups in total. The molecule has 100 valence electrons. The average molecular weight is 299 g/mol. The Morgan fingerprint density at radius 3 is 2.45 bits per heavy atom. The molecule has 0 atom stereocenters. The van der Waals surface area contributed by atoms with Crippen LogP contribution in [-0.4, -0.2) is 21.4 Å². The van der Waals surface area contributed by atoms with Crippen LogP contribution in [0.1, 0.15) is 5.69 Å². The molecule has 20 heavy (non-hydrogen) atoms. The first-order chi connectivity index (χ1) is 9.78. The molecule has 1 aromatic carbocycles. The number of thiazole rings is 1. The molecule has 0 unspecified atom stereocenters. The fourth-order valence-electron chi connectivity index (χ4n) is 1.89. The molecule has 5 heteroatoms. The van der Waals surface area contributed by atoms with Crippen LogP contribution in [0.25, 0.3) is 21.1 Å². The van der Waals surface area contributed by atoms with E-state index in [0.29, 0.717) is 0 Å². The number of nitrogens with zero attached hydrogens (tertiary/aromatic N) is 3. The summed E-state index contributed by atoms with van der Waals surface area (Å²) in [4.78, 5) is 5.73. The van der Waals surface area contributed by atoms with Gasteiger partial charge in [-0.1, -0.05) is 30.3 Å². The van der Waals surface area contributed by atoms with E-state index in [2.05, 4.69) is 27.3 Å². The predicted molar refractivity (Wildman–Crippen MR) is 85.1 cm³/mol. The van der Waals surface area contributed by atoms with Crippen molar-refractivity contribution < 1.29 is 0 Å². The topological polar surface area (TPSA) is 38.7 Å². The van der Waals surface area contributed by atoms with Crippen molar-refractivity contribution in [3.05, 3.63) is 48.2 Å². The number of aryl methyl sites for hydroxylation is 1. The van der Waals surface area contributed by atoms with Crippen LogP contribution >= 0.6 is 23.1 Å². The Morgan fingerprint density at radius 1 is 1.00 bits per heavy atom. The van der Waals surface area contributed by atoms with Gasteiger partial charge in [0.2, 0.25) is 0 Å². The molecule has 0 bridgehead atoms. The fourth-order valence-corrected chi connectivity index (χ4v) is 3.25. The lowest BCUT2D eigenvalue weighted by Gasteiger charge is -1.98. The molecule has 0 fully saturated rings. The maximum absolute atomic E-state index is 4.65. The zero-order valence-electron chi connectivity index (χ0n) is 11.2. The zero-order chi connectivity index (χ0) is 13.9. The van der Waals surface area contributed by atoms with Gasteiger partial charge < -0.3 is 0 Å². The highest BCUT2D eigenvalue weighted by Gasteiger charge is 2.12. The molecule has 0 saturated carbocycles. The summed E-state index contributed by atoms with van der Waals surface area (Å²) in [6.45, 7) is 2.02. The Bertz CT molecular complexity index is 706. The second-order valence-electron chi connectivity index (χ2n) is 4.26. The minimum Gasteiger partial charge on any atom is -0.241 e. The molecule has 0 saturated heterocycles. The lowest BCUT2D eigenvalue weighted by atomic mass is 10.2. The minimum absolute atomic E-state index is 0.889. The monoisotopic (exact) mass is 299 g/mol. The van der Waals surface area contributed by atoms with Crippen molar-refractivity contribution in [2.24, 2.45) is 0 Å². The smallest absolute Gasteiger partial charge is 0.124 e. The third kappa shape index (κ3) is 2.59. The molecule has 0 aliphatic carbocycles. The Kier molecular flexibility index (Phi) is 3.80. The SMILES string of the molecule is CSc1ccc(-c2sc(-c3ccccc3)nc2C)nn1. The van der Waals surface area contributed by atoms with E-state index in [1.165, 1.54) is 0 Å². The van der Waals surface area contributed by atoms with Gasteiger partial charge in [-0.15, -0.1) is 33.3 Å². The fraction of sp³-hybridized carbons (Fsp3) is 0.133. The molecule has 0 radical (unpaired) electrons. The molecule has 0 spiro atoms. The molecule has 3 rings (SSSR count). The largest absolute Gasteiger partial charge is 0.241 e. The molecule has 3 aromatic rings. The van der Waals surface area contributed by atoms with Crippen LogP contribution in [0.4, 0.5) is 0 Å². The van der Waals surface area contributed by atoms with Gasteiger partial charge in [-0.05, 0) is 25.3 Å². The third-order valence-electron chi connectivity index (χ3n) is 2.90. The van der Waals surface area contributed by atoms with Gasteiger partial charge in [-0.3, -0.25) is 0 Å². The van der Waals surface area contributed by atoms with Crippen LogP contribution in [-0.2, 0) is 0 Å². The summed E-state index contributed by atoms with van der Waals surface area (Å²) >= 11 is 3.25. The van der Waals surface area contributed by atoms with Crippen molar-refractivity contribution in [2.45, 2.75) is 11.9 Å². The van der Waals surface area contributed by atoms with Gasteiger partial charge in [0.15, 0.2) is 0 Å². The van der Waals surface area contributed by atoms with Gasteiger partial charge in [0.1, 0.15) is 15.7 Å². The van der Waals surface area contributed by atoms with Gasteiger partial charge in [-0.2, -0.15) is 0 Å². The van der Waals surface area contributed by atoms with Crippen molar-refractivity contribution in [3.63, 3.8) is 0 Å². The number of benzene rings is 1. The van der Waals surface area contributed by atoms with Crippen LogP contribution in [0, 0.1) is 6.92 Å². The maximum atomic E-state index is 4.65. The number of rotatable bonds is 3. The number of aromatic nitrogens is 3. The first kappa shape index (κ1) is 13.3. The molecular formula is C15H13N3S2. The van der Waals surface area contributed by atoms with Crippen LogP contribution in [0.15, 0.2) is 47.5 Å². The van der Waals surface area contributed by atoms with Crippen LogP contribution in [0.5, 0.6) is 0 Å². The van der Waals surface area contributed by atoms with E-state index in [1.54, 1.807) is 23.1 Å².